The molecule has 0 fully saturated rings. The summed E-state index contributed by atoms with van der Waals surface area (Å²) in [5.41, 5.74) is 0. The van der Waals surface area contributed by atoms with Crippen LogP contribution < -0.4 is 0 Å². The average Bonchev–Trinajstić information content (AvgIpc) is 2.14. The van der Waals surface area contributed by atoms with Gasteiger partial charge in [-0.05, 0) is 6.92 Å². The van der Waals surface area contributed by atoms with Crippen LogP contribution in [-0.2, 0) is 14.6 Å². The van der Waals surface area contributed by atoms with E-state index in [1.165, 1.54) is 11.8 Å². The van der Waals surface area contributed by atoms with E-state index in [0.717, 1.165) is 6.26 Å². The highest BCUT2D eigenvalue weighted by Crippen LogP contribution is 2.05. The van der Waals surface area contributed by atoms with E-state index >= 15 is 0 Å². The van der Waals surface area contributed by atoms with Crippen molar-refractivity contribution in [3.8, 4) is 0 Å². The number of carbonyl (C=O) groups excluding carboxylic acids is 1. The summed E-state index contributed by atoms with van der Waals surface area (Å²) < 4.78 is 22.3. The number of rotatable bonds is 6. The predicted octanol–water partition coefficient (Wildman–Crippen LogP) is 0.726. The van der Waals surface area contributed by atoms with Crippen molar-refractivity contribution in [2.24, 2.45) is 0 Å². The van der Waals surface area contributed by atoms with Crippen molar-refractivity contribution in [2.45, 2.75) is 12.2 Å². The third-order valence-electron chi connectivity index (χ3n) is 2.01. The minimum atomic E-state index is -3.36. The lowest BCUT2D eigenvalue weighted by Gasteiger charge is -2.23. The van der Waals surface area contributed by atoms with Crippen LogP contribution in [0.15, 0.2) is 0 Å². The molecule has 0 aromatic heterocycles. The van der Waals surface area contributed by atoms with Crippen LogP contribution in [0.2, 0.25) is 0 Å². The Bertz CT molecular complexity index is 299. The van der Waals surface area contributed by atoms with E-state index in [1.54, 1.807) is 0 Å². The Hall–Kier alpha value is -0.000000000000000111. The molecule has 0 aliphatic rings. The van der Waals surface area contributed by atoms with Crippen LogP contribution in [0.3, 0.4) is 0 Å². The molecular weight excluding hydrogens is 261 g/mol. The fourth-order valence-corrected chi connectivity index (χ4v) is 1.90. The molecular formula is C8H15Cl2NO3S. The van der Waals surface area contributed by atoms with E-state index in [2.05, 4.69) is 0 Å². The lowest BCUT2D eigenvalue weighted by molar-refractivity contribution is -0.129. The molecule has 90 valence electrons. The molecule has 1 atom stereocenters. The zero-order chi connectivity index (χ0) is 12.1. The minimum Gasteiger partial charge on any atom is -0.339 e. The lowest BCUT2D eigenvalue weighted by atomic mass is 10.4. The highest BCUT2D eigenvalue weighted by atomic mass is 35.5. The SMILES string of the molecule is CC(C(=O)N(CCCl)CCCl)S(C)(=O)=O. The molecule has 0 heterocycles. The number of hydrogen-bond acceptors (Lipinski definition) is 3. The zero-order valence-corrected chi connectivity index (χ0v) is 11.1. The topological polar surface area (TPSA) is 54.5 Å². The second-order valence-electron chi connectivity index (χ2n) is 3.18. The summed E-state index contributed by atoms with van der Waals surface area (Å²) in [5.74, 6) is 0.0805. The Morgan fingerprint density at radius 1 is 1.27 bits per heavy atom. The van der Waals surface area contributed by atoms with E-state index in [9.17, 15) is 13.2 Å². The molecule has 0 saturated carbocycles. The summed E-state index contributed by atoms with van der Waals surface area (Å²) in [6.45, 7) is 1.99. The van der Waals surface area contributed by atoms with Crippen molar-refractivity contribution in [1.29, 1.82) is 0 Å². The fraction of sp³-hybridized carbons (Fsp3) is 0.875. The first kappa shape index (κ1) is 15.0. The summed E-state index contributed by atoms with van der Waals surface area (Å²) in [7, 11) is -3.36. The molecule has 0 radical (unpaired) electrons. The predicted molar refractivity (Wildman–Crippen MR) is 62.3 cm³/mol. The molecule has 4 nitrogen and oxygen atoms in total. The third-order valence-corrected chi connectivity index (χ3v) is 3.83. The van der Waals surface area contributed by atoms with Crippen molar-refractivity contribution < 1.29 is 13.2 Å². The fourth-order valence-electron chi connectivity index (χ4n) is 0.976. The Morgan fingerprint density at radius 2 is 1.67 bits per heavy atom. The maximum absolute atomic E-state index is 11.7. The second kappa shape index (κ2) is 6.55. The smallest absolute Gasteiger partial charge is 0.240 e. The van der Waals surface area contributed by atoms with Crippen LogP contribution in [0.4, 0.5) is 0 Å². The molecule has 0 aliphatic heterocycles. The number of nitrogens with zero attached hydrogens (tertiary/aromatic N) is 1. The molecule has 0 N–H and O–H groups in total. The van der Waals surface area contributed by atoms with Gasteiger partial charge in [0, 0.05) is 31.1 Å². The van der Waals surface area contributed by atoms with Crippen LogP contribution in [0.5, 0.6) is 0 Å². The molecule has 0 aromatic rings. The van der Waals surface area contributed by atoms with Gasteiger partial charge in [-0.3, -0.25) is 4.79 Å². The normalized spacial score (nSPS) is 13.6. The molecule has 0 aliphatic carbocycles. The van der Waals surface area contributed by atoms with Gasteiger partial charge >= 0.3 is 0 Å². The van der Waals surface area contributed by atoms with Crippen molar-refractivity contribution in [3.05, 3.63) is 0 Å². The van der Waals surface area contributed by atoms with Crippen LogP contribution >= 0.6 is 23.2 Å². The summed E-state index contributed by atoms with van der Waals surface area (Å²) in [6, 6.07) is 0. The summed E-state index contributed by atoms with van der Waals surface area (Å²) in [5, 5.41) is -1.04. The van der Waals surface area contributed by atoms with Gasteiger partial charge in [-0.1, -0.05) is 0 Å². The monoisotopic (exact) mass is 275 g/mol. The number of alkyl halides is 2. The Kier molecular flexibility index (Phi) is 6.55. The molecule has 15 heavy (non-hydrogen) atoms. The summed E-state index contributed by atoms with van der Waals surface area (Å²) in [4.78, 5) is 13.1. The molecule has 0 bridgehead atoms. The van der Waals surface area contributed by atoms with Gasteiger partial charge in [0.15, 0.2) is 9.84 Å². The minimum absolute atomic E-state index is 0.263. The Balaban J connectivity index is 4.63. The largest absolute Gasteiger partial charge is 0.339 e. The number of amides is 1. The first-order chi connectivity index (χ1) is 6.84. The van der Waals surface area contributed by atoms with Crippen molar-refractivity contribution in [1.82, 2.24) is 4.90 Å². The first-order valence-corrected chi connectivity index (χ1v) is 7.46. The number of halogens is 2. The van der Waals surface area contributed by atoms with E-state index in [4.69, 9.17) is 23.2 Å². The van der Waals surface area contributed by atoms with Crippen LogP contribution in [0.25, 0.3) is 0 Å². The van der Waals surface area contributed by atoms with Crippen molar-refractivity contribution in [2.75, 3.05) is 31.1 Å². The maximum Gasteiger partial charge on any atom is 0.240 e. The van der Waals surface area contributed by atoms with Gasteiger partial charge in [0.2, 0.25) is 5.91 Å². The Morgan fingerprint density at radius 3 is 1.93 bits per heavy atom. The second-order valence-corrected chi connectivity index (χ2v) is 6.30. The Labute approximate surface area is 100 Å². The molecule has 7 heteroatoms. The van der Waals surface area contributed by atoms with Crippen LogP contribution in [-0.4, -0.2) is 55.6 Å². The summed E-state index contributed by atoms with van der Waals surface area (Å²) >= 11 is 11.0. The van der Waals surface area contributed by atoms with Crippen molar-refractivity contribution >= 4 is 38.9 Å². The molecule has 0 rings (SSSR count). The van der Waals surface area contributed by atoms with Gasteiger partial charge in [-0.2, -0.15) is 0 Å². The van der Waals surface area contributed by atoms with Crippen LogP contribution in [0.1, 0.15) is 6.92 Å². The zero-order valence-electron chi connectivity index (χ0n) is 8.74. The third kappa shape index (κ3) is 5.04. The maximum atomic E-state index is 11.7. The van der Waals surface area contributed by atoms with Crippen molar-refractivity contribution in [3.63, 3.8) is 0 Å². The molecule has 1 amide bonds. The van der Waals surface area contributed by atoms with Gasteiger partial charge in [0.05, 0.1) is 0 Å². The molecule has 1 unspecified atom stereocenters. The van der Waals surface area contributed by atoms with Crippen LogP contribution in [0, 0.1) is 0 Å². The number of carbonyl (C=O) groups is 1. The molecule has 0 saturated heterocycles. The summed E-state index contributed by atoms with van der Waals surface area (Å²) in [6.07, 6.45) is 1.04. The number of sulfone groups is 1. The van der Waals surface area contributed by atoms with Gasteiger partial charge in [0.1, 0.15) is 5.25 Å². The quantitative estimate of drug-likeness (QED) is 0.672. The lowest BCUT2D eigenvalue weighted by Crippen LogP contribution is -2.43. The van der Waals surface area contributed by atoms with E-state index in [0.29, 0.717) is 13.1 Å². The van der Waals surface area contributed by atoms with Gasteiger partial charge in [-0.25, -0.2) is 8.42 Å². The highest BCUT2D eigenvalue weighted by molar-refractivity contribution is 7.92. The molecule has 0 spiro atoms. The van der Waals surface area contributed by atoms with E-state index in [1.807, 2.05) is 0 Å². The highest BCUT2D eigenvalue weighted by Gasteiger charge is 2.27. The van der Waals surface area contributed by atoms with E-state index < -0.39 is 21.0 Å². The van der Waals surface area contributed by atoms with E-state index in [-0.39, 0.29) is 11.8 Å². The number of hydrogen-bond donors (Lipinski definition) is 0. The first-order valence-electron chi connectivity index (χ1n) is 4.44. The average molecular weight is 276 g/mol. The standard InChI is InChI=1S/C8H15Cl2NO3S/c1-7(15(2,13)14)8(12)11(5-3-9)6-4-10/h7H,3-6H2,1-2H3. The molecule has 0 aromatic carbocycles. The van der Waals surface area contributed by atoms with Gasteiger partial charge in [0.25, 0.3) is 0 Å². The van der Waals surface area contributed by atoms with Gasteiger partial charge in [-0.15, -0.1) is 23.2 Å². The van der Waals surface area contributed by atoms with Gasteiger partial charge < -0.3 is 4.90 Å².